The van der Waals surface area contributed by atoms with E-state index in [2.05, 4.69) is 10.4 Å². The van der Waals surface area contributed by atoms with E-state index in [9.17, 15) is 9.59 Å². The first-order chi connectivity index (χ1) is 11.4. The largest absolute Gasteiger partial charge is 0.452 e. The van der Waals surface area contributed by atoms with Crippen molar-refractivity contribution in [2.24, 2.45) is 0 Å². The summed E-state index contributed by atoms with van der Waals surface area (Å²) < 4.78 is 6.57. The fourth-order valence-electron chi connectivity index (χ4n) is 2.21. The monoisotopic (exact) mass is 349 g/mol. The number of halogens is 1. The molecule has 24 heavy (non-hydrogen) atoms. The third-order valence-electron chi connectivity index (χ3n) is 3.23. The lowest BCUT2D eigenvalue weighted by Crippen LogP contribution is -2.34. The Kier molecular flexibility index (Phi) is 5.98. The first kappa shape index (κ1) is 18.0. The molecular weight excluding hydrogens is 330 g/mol. The first-order valence-corrected chi connectivity index (χ1v) is 7.99. The molecule has 0 atom stereocenters. The number of carbonyl (C=O) groups is 2. The lowest BCUT2D eigenvalue weighted by Gasteiger charge is -2.08. The minimum atomic E-state index is -0.657. The molecule has 0 aliphatic carbocycles. The number of aryl methyl sites for hydroxylation is 1. The van der Waals surface area contributed by atoms with Gasteiger partial charge >= 0.3 is 5.97 Å². The van der Waals surface area contributed by atoms with Gasteiger partial charge in [0.05, 0.1) is 12.2 Å². The molecule has 6 nitrogen and oxygen atoms in total. The zero-order valence-electron chi connectivity index (χ0n) is 13.9. The van der Waals surface area contributed by atoms with E-state index in [4.69, 9.17) is 16.3 Å². The van der Waals surface area contributed by atoms with Crippen LogP contribution in [0.4, 0.5) is 0 Å². The molecule has 1 aromatic heterocycles. The van der Waals surface area contributed by atoms with Gasteiger partial charge in [0.1, 0.15) is 10.7 Å². The van der Waals surface area contributed by atoms with Crippen LogP contribution in [0, 0.1) is 6.92 Å². The Morgan fingerprint density at radius 2 is 1.96 bits per heavy atom. The molecule has 2 aromatic rings. The van der Waals surface area contributed by atoms with Gasteiger partial charge in [0.15, 0.2) is 6.61 Å². The lowest BCUT2D eigenvalue weighted by molar-refractivity contribution is -0.124. The number of hydrogen-bond acceptors (Lipinski definition) is 4. The Morgan fingerprint density at radius 3 is 2.58 bits per heavy atom. The summed E-state index contributed by atoms with van der Waals surface area (Å²) in [5.74, 6) is -1.01. The molecule has 0 saturated heterocycles. The van der Waals surface area contributed by atoms with Gasteiger partial charge in [0.25, 0.3) is 5.91 Å². The van der Waals surface area contributed by atoms with Gasteiger partial charge in [0, 0.05) is 6.04 Å². The van der Waals surface area contributed by atoms with E-state index in [1.807, 2.05) is 44.2 Å². The van der Waals surface area contributed by atoms with Crippen molar-refractivity contribution in [3.05, 3.63) is 52.3 Å². The number of nitrogens with zero attached hydrogens (tertiary/aromatic N) is 2. The maximum absolute atomic E-state index is 12.2. The molecule has 1 heterocycles. The molecule has 0 aliphatic rings. The van der Waals surface area contributed by atoms with Crippen LogP contribution in [-0.4, -0.2) is 34.3 Å². The number of esters is 1. The molecule has 128 valence electrons. The number of carbonyl (C=O) groups excluding carboxylic acids is 2. The van der Waals surface area contributed by atoms with Crippen LogP contribution in [0.5, 0.6) is 0 Å². The van der Waals surface area contributed by atoms with E-state index in [1.54, 1.807) is 6.92 Å². The molecular formula is C17H20ClN3O3. The Morgan fingerprint density at radius 1 is 1.29 bits per heavy atom. The van der Waals surface area contributed by atoms with Crippen LogP contribution in [0.15, 0.2) is 30.3 Å². The van der Waals surface area contributed by atoms with Crippen LogP contribution in [0.2, 0.25) is 5.15 Å². The van der Waals surface area contributed by atoms with Crippen LogP contribution in [0.25, 0.3) is 0 Å². The van der Waals surface area contributed by atoms with Crippen molar-refractivity contribution in [2.75, 3.05) is 6.61 Å². The molecule has 0 unspecified atom stereocenters. The van der Waals surface area contributed by atoms with E-state index in [0.717, 1.165) is 5.56 Å². The highest BCUT2D eigenvalue weighted by molar-refractivity contribution is 6.32. The van der Waals surface area contributed by atoms with Gasteiger partial charge in [-0.05, 0) is 26.3 Å². The molecule has 1 amide bonds. The van der Waals surface area contributed by atoms with Crippen molar-refractivity contribution in [2.45, 2.75) is 33.4 Å². The van der Waals surface area contributed by atoms with Gasteiger partial charge < -0.3 is 10.1 Å². The highest BCUT2D eigenvalue weighted by Crippen LogP contribution is 2.21. The normalized spacial score (nSPS) is 10.7. The van der Waals surface area contributed by atoms with Gasteiger partial charge in [-0.15, -0.1) is 0 Å². The highest BCUT2D eigenvalue weighted by Gasteiger charge is 2.22. The minimum absolute atomic E-state index is 0.0184. The first-order valence-electron chi connectivity index (χ1n) is 7.61. The molecule has 2 rings (SSSR count). The quantitative estimate of drug-likeness (QED) is 0.813. The third-order valence-corrected chi connectivity index (χ3v) is 3.61. The number of amides is 1. The van der Waals surface area contributed by atoms with E-state index >= 15 is 0 Å². The van der Waals surface area contributed by atoms with E-state index in [-0.39, 0.29) is 29.3 Å². The molecule has 7 heteroatoms. The topological polar surface area (TPSA) is 73.2 Å². The standard InChI is InChI=1S/C17H20ClN3O3/c1-11(2)19-14(22)10-24-17(23)15-12(3)20-21(16(15)18)9-13-7-5-4-6-8-13/h4-8,11H,9-10H2,1-3H3,(H,19,22). The fraction of sp³-hybridized carbons (Fsp3) is 0.353. The molecule has 0 aliphatic heterocycles. The van der Waals surface area contributed by atoms with E-state index in [1.165, 1.54) is 4.68 Å². The summed E-state index contributed by atoms with van der Waals surface area (Å²) >= 11 is 6.27. The Balaban J connectivity index is 2.08. The average molecular weight is 350 g/mol. The second-order valence-electron chi connectivity index (χ2n) is 5.69. The van der Waals surface area contributed by atoms with Crippen molar-refractivity contribution in [3.63, 3.8) is 0 Å². The molecule has 0 spiro atoms. The molecule has 0 bridgehead atoms. The van der Waals surface area contributed by atoms with E-state index < -0.39 is 5.97 Å². The summed E-state index contributed by atoms with van der Waals surface area (Å²) in [6, 6.07) is 9.63. The smallest absolute Gasteiger partial charge is 0.343 e. The van der Waals surface area contributed by atoms with E-state index in [0.29, 0.717) is 12.2 Å². The number of aromatic nitrogens is 2. The maximum Gasteiger partial charge on any atom is 0.343 e. The maximum atomic E-state index is 12.2. The third kappa shape index (κ3) is 4.58. The van der Waals surface area contributed by atoms with Crippen LogP contribution >= 0.6 is 11.6 Å². The SMILES string of the molecule is Cc1nn(Cc2ccccc2)c(Cl)c1C(=O)OCC(=O)NC(C)C. The van der Waals surface area contributed by atoms with Gasteiger partial charge in [-0.25, -0.2) is 9.48 Å². The van der Waals surface area contributed by atoms with Gasteiger partial charge in [-0.3, -0.25) is 4.79 Å². The summed E-state index contributed by atoms with van der Waals surface area (Å²) in [6.07, 6.45) is 0. The summed E-state index contributed by atoms with van der Waals surface area (Å²) in [4.78, 5) is 23.8. The fourth-order valence-corrected chi connectivity index (χ4v) is 2.52. The van der Waals surface area contributed by atoms with Crippen LogP contribution in [0.1, 0.15) is 35.5 Å². The number of nitrogens with one attached hydrogen (secondary N) is 1. The summed E-state index contributed by atoms with van der Waals surface area (Å²) in [5, 5.41) is 7.13. The molecule has 0 saturated carbocycles. The van der Waals surface area contributed by atoms with Crippen molar-refractivity contribution < 1.29 is 14.3 Å². The number of rotatable bonds is 6. The predicted octanol–water partition coefficient (Wildman–Crippen LogP) is 2.57. The second kappa shape index (κ2) is 7.97. The lowest BCUT2D eigenvalue weighted by atomic mass is 10.2. The second-order valence-corrected chi connectivity index (χ2v) is 6.05. The summed E-state index contributed by atoms with van der Waals surface area (Å²) in [7, 11) is 0. The van der Waals surface area contributed by atoms with Crippen LogP contribution < -0.4 is 5.32 Å². The molecule has 0 fully saturated rings. The Hall–Kier alpha value is -2.34. The Labute approximate surface area is 145 Å². The number of ether oxygens (including phenoxy) is 1. The van der Waals surface area contributed by atoms with Crippen LogP contribution in [0.3, 0.4) is 0 Å². The number of hydrogen-bond donors (Lipinski definition) is 1. The van der Waals surface area contributed by atoms with Crippen molar-refractivity contribution >= 4 is 23.5 Å². The zero-order valence-corrected chi connectivity index (χ0v) is 14.6. The zero-order chi connectivity index (χ0) is 17.7. The number of benzene rings is 1. The van der Waals surface area contributed by atoms with Crippen LogP contribution in [-0.2, 0) is 16.1 Å². The highest BCUT2D eigenvalue weighted by atomic mass is 35.5. The Bertz CT molecular complexity index is 726. The molecule has 1 aromatic carbocycles. The van der Waals surface area contributed by atoms with Crippen molar-refractivity contribution in [3.8, 4) is 0 Å². The van der Waals surface area contributed by atoms with Gasteiger partial charge in [-0.2, -0.15) is 5.10 Å². The molecule has 1 N–H and O–H groups in total. The van der Waals surface area contributed by atoms with Gasteiger partial charge in [-0.1, -0.05) is 41.9 Å². The predicted molar refractivity (Wildman–Crippen MR) is 91.1 cm³/mol. The molecule has 0 radical (unpaired) electrons. The van der Waals surface area contributed by atoms with Gasteiger partial charge in [0.2, 0.25) is 0 Å². The van der Waals surface area contributed by atoms with Crippen molar-refractivity contribution in [1.29, 1.82) is 0 Å². The van der Waals surface area contributed by atoms with Crippen molar-refractivity contribution in [1.82, 2.24) is 15.1 Å². The average Bonchev–Trinajstić information content (AvgIpc) is 2.79. The summed E-state index contributed by atoms with van der Waals surface area (Å²) in [6.45, 7) is 5.43. The summed E-state index contributed by atoms with van der Waals surface area (Å²) in [5.41, 5.74) is 1.66. The minimum Gasteiger partial charge on any atom is -0.452 e.